The monoisotopic (exact) mass is 425 g/mol. The van der Waals surface area contributed by atoms with Crippen LogP contribution in [0.2, 0.25) is 0 Å². The Labute approximate surface area is 182 Å². The SMILES string of the molecule is CCN(C(=O)C(=O)c1cn(CC(=O)N2CCOCC2)c2ccccc12)C1CCCCC1. The first-order valence-corrected chi connectivity index (χ1v) is 11.4. The lowest BCUT2D eigenvalue weighted by molar-refractivity contribution is -0.135. The summed E-state index contributed by atoms with van der Waals surface area (Å²) in [5.74, 6) is -0.926. The standard InChI is InChI=1S/C24H31N3O4/c1-2-27(18-8-4-3-5-9-18)24(30)23(29)20-16-26(21-11-7-6-10-19(20)21)17-22(28)25-12-14-31-15-13-25/h6-7,10-11,16,18H,2-5,8-9,12-15,17H2,1H3. The lowest BCUT2D eigenvalue weighted by Crippen LogP contribution is -2.44. The van der Waals surface area contributed by atoms with E-state index in [1.807, 2.05) is 31.2 Å². The number of morpholine rings is 1. The van der Waals surface area contributed by atoms with Crippen molar-refractivity contribution in [2.24, 2.45) is 0 Å². The first-order chi connectivity index (χ1) is 15.1. The molecule has 2 aliphatic rings. The molecule has 1 aromatic carbocycles. The van der Waals surface area contributed by atoms with Crippen LogP contribution in [0.1, 0.15) is 49.4 Å². The number of ketones is 1. The molecule has 0 bridgehead atoms. The molecule has 166 valence electrons. The second-order valence-electron chi connectivity index (χ2n) is 8.39. The van der Waals surface area contributed by atoms with E-state index in [2.05, 4.69) is 0 Å². The number of Topliss-reactive ketones (excluding diaryl/α,β-unsaturated/α-hetero) is 1. The number of likely N-dealkylation sites (N-methyl/N-ethyl adjacent to an activating group) is 1. The molecule has 0 atom stereocenters. The van der Waals surface area contributed by atoms with Crippen LogP contribution in [0, 0.1) is 0 Å². The predicted molar refractivity (Wildman–Crippen MR) is 118 cm³/mol. The van der Waals surface area contributed by atoms with Gasteiger partial charge in [-0.1, -0.05) is 37.5 Å². The summed E-state index contributed by atoms with van der Waals surface area (Å²) >= 11 is 0. The fourth-order valence-corrected chi connectivity index (χ4v) is 4.82. The van der Waals surface area contributed by atoms with Gasteiger partial charge < -0.3 is 19.1 Å². The van der Waals surface area contributed by atoms with Crippen molar-refractivity contribution in [3.8, 4) is 0 Å². The van der Waals surface area contributed by atoms with Crippen LogP contribution in [0.4, 0.5) is 0 Å². The molecule has 1 saturated heterocycles. The number of carbonyl (C=O) groups is 3. The second-order valence-corrected chi connectivity index (χ2v) is 8.39. The van der Waals surface area contributed by atoms with Gasteiger partial charge in [-0.25, -0.2) is 0 Å². The van der Waals surface area contributed by atoms with Crippen molar-refractivity contribution in [3.63, 3.8) is 0 Å². The number of para-hydroxylation sites is 1. The molecule has 2 aromatic rings. The molecule has 4 rings (SSSR count). The summed E-state index contributed by atoms with van der Waals surface area (Å²) in [6.45, 7) is 4.86. The third kappa shape index (κ3) is 4.51. The van der Waals surface area contributed by atoms with Gasteiger partial charge in [-0.05, 0) is 25.8 Å². The van der Waals surface area contributed by atoms with Gasteiger partial charge in [0.2, 0.25) is 5.91 Å². The van der Waals surface area contributed by atoms with Crippen molar-refractivity contribution in [1.29, 1.82) is 0 Å². The number of aromatic nitrogens is 1. The van der Waals surface area contributed by atoms with Gasteiger partial charge in [-0.15, -0.1) is 0 Å². The molecule has 1 aromatic heterocycles. The molecule has 1 aliphatic carbocycles. The van der Waals surface area contributed by atoms with Crippen LogP contribution in [0.25, 0.3) is 10.9 Å². The van der Waals surface area contributed by atoms with E-state index in [0.717, 1.165) is 36.6 Å². The van der Waals surface area contributed by atoms with Crippen LogP contribution >= 0.6 is 0 Å². The first-order valence-electron chi connectivity index (χ1n) is 11.4. The molecule has 0 spiro atoms. The highest BCUT2D eigenvalue weighted by Gasteiger charge is 2.31. The quantitative estimate of drug-likeness (QED) is 0.527. The highest BCUT2D eigenvalue weighted by molar-refractivity contribution is 6.45. The Balaban J connectivity index is 1.59. The minimum absolute atomic E-state index is 0.00762. The molecule has 2 amide bonds. The van der Waals surface area contributed by atoms with Crippen LogP contribution in [0.15, 0.2) is 30.5 Å². The number of rotatable bonds is 6. The zero-order valence-electron chi connectivity index (χ0n) is 18.2. The van der Waals surface area contributed by atoms with Gasteiger partial charge in [-0.3, -0.25) is 14.4 Å². The van der Waals surface area contributed by atoms with Crippen LogP contribution in [-0.2, 0) is 20.9 Å². The number of benzene rings is 1. The molecule has 0 unspecified atom stereocenters. The molecular formula is C24H31N3O4. The molecule has 2 heterocycles. The molecule has 1 saturated carbocycles. The lowest BCUT2D eigenvalue weighted by Gasteiger charge is -2.33. The summed E-state index contributed by atoms with van der Waals surface area (Å²) in [5.41, 5.74) is 1.17. The van der Waals surface area contributed by atoms with E-state index in [0.29, 0.717) is 38.4 Å². The van der Waals surface area contributed by atoms with E-state index >= 15 is 0 Å². The number of ether oxygens (including phenoxy) is 1. The van der Waals surface area contributed by atoms with Gasteiger partial charge in [-0.2, -0.15) is 0 Å². The average Bonchev–Trinajstić information content (AvgIpc) is 3.18. The lowest BCUT2D eigenvalue weighted by atomic mass is 9.93. The van der Waals surface area contributed by atoms with Crippen molar-refractivity contribution >= 4 is 28.5 Å². The van der Waals surface area contributed by atoms with Gasteiger partial charge in [0.05, 0.1) is 18.8 Å². The fraction of sp³-hybridized carbons (Fsp3) is 0.542. The first kappa shape index (κ1) is 21.6. The molecule has 1 aliphatic heterocycles. The summed E-state index contributed by atoms with van der Waals surface area (Å²) in [6.07, 6.45) is 7.00. The largest absolute Gasteiger partial charge is 0.378 e. The van der Waals surface area contributed by atoms with E-state index in [4.69, 9.17) is 4.74 Å². The number of amides is 2. The van der Waals surface area contributed by atoms with Crippen molar-refractivity contribution < 1.29 is 19.1 Å². The van der Waals surface area contributed by atoms with Crippen molar-refractivity contribution in [2.45, 2.75) is 51.6 Å². The summed E-state index contributed by atoms with van der Waals surface area (Å²) in [6, 6.07) is 7.63. The Morgan fingerprint density at radius 1 is 1.06 bits per heavy atom. The Hall–Kier alpha value is -2.67. The van der Waals surface area contributed by atoms with Crippen LogP contribution in [0.3, 0.4) is 0 Å². The maximum absolute atomic E-state index is 13.3. The number of nitrogens with zero attached hydrogens (tertiary/aromatic N) is 3. The molecule has 7 heteroatoms. The number of hydrogen-bond acceptors (Lipinski definition) is 4. The molecule has 31 heavy (non-hydrogen) atoms. The van der Waals surface area contributed by atoms with Crippen molar-refractivity contribution in [3.05, 3.63) is 36.0 Å². The maximum Gasteiger partial charge on any atom is 0.295 e. The fourth-order valence-electron chi connectivity index (χ4n) is 4.82. The number of carbonyl (C=O) groups excluding carboxylic acids is 3. The van der Waals surface area contributed by atoms with Crippen molar-refractivity contribution in [1.82, 2.24) is 14.4 Å². The summed E-state index contributed by atoms with van der Waals surface area (Å²) in [7, 11) is 0. The maximum atomic E-state index is 13.3. The Morgan fingerprint density at radius 2 is 1.77 bits per heavy atom. The Kier molecular flexibility index (Phi) is 6.70. The minimum atomic E-state index is -0.485. The topological polar surface area (TPSA) is 71.9 Å². The van der Waals surface area contributed by atoms with Gasteiger partial charge in [0.1, 0.15) is 6.54 Å². The van der Waals surface area contributed by atoms with Gasteiger partial charge in [0, 0.05) is 42.8 Å². The van der Waals surface area contributed by atoms with E-state index in [9.17, 15) is 14.4 Å². The predicted octanol–water partition coefficient (Wildman–Crippen LogP) is 2.86. The Bertz CT molecular complexity index is 955. The van der Waals surface area contributed by atoms with E-state index in [-0.39, 0.29) is 18.5 Å². The zero-order valence-corrected chi connectivity index (χ0v) is 18.2. The Morgan fingerprint density at radius 3 is 2.48 bits per heavy atom. The number of hydrogen-bond donors (Lipinski definition) is 0. The highest BCUT2D eigenvalue weighted by Crippen LogP contribution is 2.26. The summed E-state index contributed by atoms with van der Waals surface area (Å²) < 4.78 is 7.12. The van der Waals surface area contributed by atoms with Crippen LogP contribution in [0.5, 0.6) is 0 Å². The average molecular weight is 426 g/mol. The number of fused-ring (bicyclic) bond motifs is 1. The van der Waals surface area contributed by atoms with Gasteiger partial charge in [0.15, 0.2) is 0 Å². The smallest absolute Gasteiger partial charge is 0.295 e. The zero-order chi connectivity index (χ0) is 21.8. The van der Waals surface area contributed by atoms with E-state index in [1.165, 1.54) is 6.42 Å². The van der Waals surface area contributed by atoms with Gasteiger partial charge >= 0.3 is 0 Å². The molecule has 7 nitrogen and oxygen atoms in total. The molecule has 0 radical (unpaired) electrons. The third-order valence-corrected chi connectivity index (χ3v) is 6.51. The summed E-state index contributed by atoms with van der Waals surface area (Å²) in [4.78, 5) is 42.8. The molecule has 2 fully saturated rings. The van der Waals surface area contributed by atoms with Crippen LogP contribution in [-0.4, -0.2) is 70.9 Å². The van der Waals surface area contributed by atoms with E-state index in [1.54, 1.807) is 20.6 Å². The second kappa shape index (κ2) is 9.64. The van der Waals surface area contributed by atoms with E-state index < -0.39 is 11.7 Å². The van der Waals surface area contributed by atoms with Crippen LogP contribution < -0.4 is 0 Å². The normalized spacial score (nSPS) is 17.6. The molecule has 0 N–H and O–H groups in total. The molecular weight excluding hydrogens is 394 g/mol. The van der Waals surface area contributed by atoms with Crippen molar-refractivity contribution in [2.75, 3.05) is 32.8 Å². The highest BCUT2D eigenvalue weighted by atomic mass is 16.5. The summed E-state index contributed by atoms with van der Waals surface area (Å²) in [5, 5.41) is 0.718. The minimum Gasteiger partial charge on any atom is -0.378 e. The van der Waals surface area contributed by atoms with Gasteiger partial charge in [0.25, 0.3) is 11.7 Å². The third-order valence-electron chi connectivity index (χ3n) is 6.51.